The van der Waals surface area contributed by atoms with E-state index in [9.17, 15) is 0 Å². The zero-order chi connectivity index (χ0) is 40.6. The Morgan fingerprint density at radius 3 is 1.86 bits per heavy atom. The lowest BCUT2D eigenvalue weighted by Gasteiger charge is -2.58. The van der Waals surface area contributed by atoms with Gasteiger partial charge >= 0.3 is 0 Å². The van der Waals surface area contributed by atoms with Gasteiger partial charge in [0.1, 0.15) is 0 Å². The topological polar surface area (TPSA) is 27.7 Å². The van der Waals surface area contributed by atoms with E-state index in [2.05, 4.69) is 59.8 Å². The van der Waals surface area contributed by atoms with E-state index in [4.69, 9.17) is 14.2 Å². The molecule has 2 unspecified atom stereocenters. The summed E-state index contributed by atoms with van der Waals surface area (Å²) in [5, 5.41) is 0. The van der Waals surface area contributed by atoms with Gasteiger partial charge in [0.2, 0.25) is 0 Å². The predicted octanol–water partition coefficient (Wildman–Crippen LogP) is 16.4. The lowest BCUT2D eigenvalue weighted by Crippen LogP contribution is -2.51. The first kappa shape index (κ1) is 49.0. The summed E-state index contributed by atoms with van der Waals surface area (Å²) in [6.07, 6.45) is 48.3. The van der Waals surface area contributed by atoms with Crippen LogP contribution in [-0.2, 0) is 14.2 Å². The number of ether oxygens (including phenoxy) is 3. The summed E-state index contributed by atoms with van der Waals surface area (Å²) < 4.78 is 18.3. The van der Waals surface area contributed by atoms with Crippen LogP contribution in [0.25, 0.3) is 0 Å². The maximum absolute atomic E-state index is 6.55. The minimum absolute atomic E-state index is 0.432. The molecule has 4 aliphatic carbocycles. The van der Waals surface area contributed by atoms with E-state index in [1.165, 1.54) is 186 Å². The molecule has 4 rings (SSSR count). The minimum Gasteiger partial charge on any atom is -0.381 e. The molecular weight excluding hydrogens is 697 g/mol. The Labute approximate surface area is 356 Å². The summed E-state index contributed by atoms with van der Waals surface area (Å²) in [4.78, 5) is 0. The fourth-order valence-electron chi connectivity index (χ4n) is 12.6. The Morgan fingerprint density at radius 2 is 1.21 bits per heavy atom. The zero-order valence-corrected chi connectivity index (χ0v) is 39.2. The molecule has 0 saturated heterocycles. The molecule has 3 saturated carbocycles. The molecule has 3 heteroatoms. The van der Waals surface area contributed by atoms with Crippen molar-refractivity contribution in [2.24, 2.45) is 46.3 Å². The molecule has 0 bridgehead atoms. The SMILES string of the molecule is CCCCCCCC/C=C\CCCCCCCCOCCCOCCCCCCO[C@H]1CC[C@@]2(C)C(=CC[C@@H]3C2CC[C@@]2(C)C3CC[C@@H]2[C@H](C)CCCC(C)C)C1. The van der Waals surface area contributed by atoms with E-state index in [0.29, 0.717) is 16.9 Å². The summed E-state index contributed by atoms with van der Waals surface area (Å²) in [7, 11) is 0. The lowest BCUT2D eigenvalue weighted by atomic mass is 9.47. The number of hydrogen-bond donors (Lipinski definition) is 0. The molecule has 332 valence electrons. The van der Waals surface area contributed by atoms with Gasteiger partial charge in [-0.2, -0.15) is 0 Å². The highest BCUT2D eigenvalue weighted by Crippen LogP contribution is 2.67. The van der Waals surface area contributed by atoms with Crippen LogP contribution in [0, 0.1) is 46.3 Å². The Bertz CT molecular complexity index is 1080. The van der Waals surface area contributed by atoms with Gasteiger partial charge in [0.15, 0.2) is 0 Å². The van der Waals surface area contributed by atoms with Crippen molar-refractivity contribution in [2.45, 2.75) is 240 Å². The summed E-state index contributed by atoms with van der Waals surface area (Å²) in [6, 6.07) is 0. The summed E-state index contributed by atoms with van der Waals surface area (Å²) in [6.45, 7) is 19.5. The normalized spacial score (nSPS) is 29.1. The first-order valence-electron chi connectivity index (χ1n) is 25.9. The number of fused-ring (bicyclic) bond motifs is 5. The van der Waals surface area contributed by atoms with Gasteiger partial charge in [-0.15, -0.1) is 0 Å². The molecule has 0 aromatic carbocycles. The van der Waals surface area contributed by atoms with Crippen LogP contribution in [0.5, 0.6) is 0 Å². The van der Waals surface area contributed by atoms with Gasteiger partial charge in [-0.3, -0.25) is 0 Å². The Balaban J connectivity index is 0.926. The summed E-state index contributed by atoms with van der Waals surface area (Å²) >= 11 is 0. The highest BCUT2D eigenvalue weighted by molar-refractivity contribution is 5.25. The van der Waals surface area contributed by atoms with E-state index in [1.54, 1.807) is 5.57 Å². The van der Waals surface area contributed by atoms with Crippen molar-refractivity contribution >= 4 is 0 Å². The van der Waals surface area contributed by atoms with Crippen molar-refractivity contribution in [3.63, 3.8) is 0 Å². The first-order valence-corrected chi connectivity index (χ1v) is 25.9. The Morgan fingerprint density at radius 1 is 0.614 bits per heavy atom. The van der Waals surface area contributed by atoms with Crippen LogP contribution in [0.4, 0.5) is 0 Å². The van der Waals surface area contributed by atoms with Gasteiger partial charge in [-0.1, -0.05) is 155 Å². The van der Waals surface area contributed by atoms with E-state index in [0.717, 1.165) is 75.0 Å². The molecule has 4 aliphatic rings. The van der Waals surface area contributed by atoms with Crippen LogP contribution in [0.1, 0.15) is 234 Å². The maximum Gasteiger partial charge on any atom is 0.0612 e. The number of unbranched alkanes of at least 4 members (excludes halogenated alkanes) is 15. The van der Waals surface area contributed by atoms with Crippen molar-refractivity contribution in [3.8, 4) is 0 Å². The second-order valence-corrected chi connectivity index (χ2v) is 21.0. The van der Waals surface area contributed by atoms with Crippen LogP contribution >= 0.6 is 0 Å². The second-order valence-electron chi connectivity index (χ2n) is 21.0. The Kier molecular flexibility index (Phi) is 24.1. The van der Waals surface area contributed by atoms with Gasteiger partial charge in [-0.05, 0) is 149 Å². The van der Waals surface area contributed by atoms with E-state index in [1.807, 2.05) is 0 Å². The van der Waals surface area contributed by atoms with E-state index >= 15 is 0 Å². The van der Waals surface area contributed by atoms with Crippen molar-refractivity contribution in [1.29, 1.82) is 0 Å². The molecule has 0 aromatic heterocycles. The lowest BCUT2D eigenvalue weighted by molar-refractivity contribution is -0.0641. The molecule has 8 atom stereocenters. The van der Waals surface area contributed by atoms with Crippen molar-refractivity contribution in [2.75, 3.05) is 33.0 Å². The molecule has 3 fully saturated rings. The van der Waals surface area contributed by atoms with E-state index in [-0.39, 0.29) is 0 Å². The van der Waals surface area contributed by atoms with Gasteiger partial charge in [0.25, 0.3) is 0 Å². The highest BCUT2D eigenvalue weighted by Gasteiger charge is 2.59. The van der Waals surface area contributed by atoms with Gasteiger partial charge in [0.05, 0.1) is 6.10 Å². The maximum atomic E-state index is 6.55. The fraction of sp³-hybridized carbons (Fsp3) is 0.926. The van der Waals surface area contributed by atoms with Crippen LogP contribution in [0.15, 0.2) is 23.8 Å². The number of hydrogen-bond acceptors (Lipinski definition) is 3. The zero-order valence-electron chi connectivity index (χ0n) is 39.2. The molecule has 0 N–H and O–H groups in total. The molecule has 0 spiro atoms. The molecule has 3 nitrogen and oxygen atoms in total. The van der Waals surface area contributed by atoms with Crippen LogP contribution < -0.4 is 0 Å². The fourth-order valence-corrected chi connectivity index (χ4v) is 12.6. The number of rotatable bonds is 33. The van der Waals surface area contributed by atoms with Crippen molar-refractivity contribution < 1.29 is 14.2 Å². The largest absolute Gasteiger partial charge is 0.381 e. The van der Waals surface area contributed by atoms with E-state index < -0.39 is 0 Å². The molecule has 0 aliphatic heterocycles. The second kappa shape index (κ2) is 28.1. The Hall–Kier alpha value is -0.640. The molecule has 0 aromatic rings. The number of allylic oxidation sites excluding steroid dienone is 3. The van der Waals surface area contributed by atoms with Crippen molar-refractivity contribution in [3.05, 3.63) is 23.8 Å². The van der Waals surface area contributed by atoms with Gasteiger partial charge < -0.3 is 14.2 Å². The molecule has 57 heavy (non-hydrogen) atoms. The summed E-state index contributed by atoms with van der Waals surface area (Å²) in [5.41, 5.74) is 2.80. The average molecular weight is 795 g/mol. The summed E-state index contributed by atoms with van der Waals surface area (Å²) in [5.74, 6) is 5.50. The van der Waals surface area contributed by atoms with Gasteiger partial charge in [-0.25, -0.2) is 0 Å². The van der Waals surface area contributed by atoms with Crippen LogP contribution in [-0.4, -0.2) is 39.1 Å². The molecule has 0 amide bonds. The monoisotopic (exact) mass is 795 g/mol. The highest BCUT2D eigenvalue weighted by atomic mass is 16.5. The first-order chi connectivity index (χ1) is 27.8. The third-order valence-electron chi connectivity index (χ3n) is 16.2. The predicted molar refractivity (Wildman–Crippen MR) is 247 cm³/mol. The van der Waals surface area contributed by atoms with Crippen molar-refractivity contribution in [1.82, 2.24) is 0 Å². The van der Waals surface area contributed by atoms with Gasteiger partial charge in [0, 0.05) is 33.0 Å². The molecule has 0 heterocycles. The molecule has 0 radical (unpaired) electrons. The smallest absolute Gasteiger partial charge is 0.0612 e. The minimum atomic E-state index is 0.432. The average Bonchev–Trinajstić information content (AvgIpc) is 3.56. The standard InChI is InChI=1S/C54H98O3/c1-7-8-9-10-11-12-13-14-15-16-17-18-19-20-21-24-39-55-41-28-42-56-40-25-22-23-26-43-57-48-35-37-53(5)47(44-48)31-32-49-51-34-33-50(46(4)30-27-29-45(2)3)54(51,6)38-36-52(49)53/h14-15,31,45-46,48-52H,7-13,16-30,32-44H2,1-6H3/b15-14-/t46-,48+,49+,50-,51?,52?,53+,54-/m1/s1. The third kappa shape index (κ3) is 16.6. The van der Waals surface area contributed by atoms with Crippen LogP contribution in [0.3, 0.4) is 0 Å². The van der Waals surface area contributed by atoms with Crippen LogP contribution in [0.2, 0.25) is 0 Å². The quantitative estimate of drug-likeness (QED) is 0.0489. The molecular formula is C54H98O3. The third-order valence-corrected chi connectivity index (χ3v) is 16.2.